The first-order chi connectivity index (χ1) is 12.7. The van der Waals surface area contributed by atoms with Gasteiger partial charge in [-0.25, -0.2) is 4.98 Å². The van der Waals surface area contributed by atoms with E-state index < -0.39 is 0 Å². The van der Waals surface area contributed by atoms with Gasteiger partial charge in [0.2, 0.25) is 0 Å². The molecular formula is C21H26N4S. The summed E-state index contributed by atoms with van der Waals surface area (Å²) in [5.74, 6) is 0.818. The van der Waals surface area contributed by atoms with Crippen molar-refractivity contribution in [2.45, 2.75) is 32.7 Å². The lowest BCUT2D eigenvalue weighted by Crippen LogP contribution is -2.39. The van der Waals surface area contributed by atoms with Crippen LogP contribution in [0.1, 0.15) is 35.3 Å². The second-order valence-electron chi connectivity index (χ2n) is 6.30. The monoisotopic (exact) mass is 366 g/mol. The van der Waals surface area contributed by atoms with E-state index in [0.29, 0.717) is 0 Å². The van der Waals surface area contributed by atoms with Gasteiger partial charge in [0.15, 0.2) is 5.96 Å². The van der Waals surface area contributed by atoms with E-state index in [1.807, 2.05) is 6.20 Å². The molecule has 0 bridgehead atoms. The van der Waals surface area contributed by atoms with Gasteiger partial charge in [0.25, 0.3) is 0 Å². The van der Waals surface area contributed by atoms with Gasteiger partial charge in [0.05, 0.1) is 11.0 Å². The highest BCUT2D eigenvalue weighted by Crippen LogP contribution is 2.20. The van der Waals surface area contributed by atoms with Gasteiger partial charge in [0, 0.05) is 31.1 Å². The number of hydrogen-bond acceptors (Lipinski definition) is 3. The summed E-state index contributed by atoms with van der Waals surface area (Å²) in [6.45, 7) is 5.14. The van der Waals surface area contributed by atoms with Crippen LogP contribution >= 0.6 is 11.3 Å². The summed E-state index contributed by atoms with van der Waals surface area (Å²) < 4.78 is 0. The van der Waals surface area contributed by atoms with Crippen molar-refractivity contribution in [2.24, 2.45) is 4.99 Å². The Morgan fingerprint density at radius 2 is 2.00 bits per heavy atom. The Labute approximate surface area is 159 Å². The summed E-state index contributed by atoms with van der Waals surface area (Å²) in [6.07, 6.45) is 3.95. The van der Waals surface area contributed by atoms with Crippen molar-refractivity contribution >= 4 is 28.1 Å². The second kappa shape index (κ2) is 8.81. The fourth-order valence-electron chi connectivity index (χ4n) is 2.88. The summed E-state index contributed by atoms with van der Waals surface area (Å²) >= 11 is 1.79. The molecule has 4 nitrogen and oxygen atoms in total. The normalized spacial score (nSPS) is 13.0. The van der Waals surface area contributed by atoms with Crippen LogP contribution in [0.25, 0.3) is 10.8 Å². The minimum atomic E-state index is 0.178. The quantitative estimate of drug-likeness (QED) is 0.504. The van der Waals surface area contributed by atoms with Crippen LogP contribution < -0.4 is 10.6 Å². The molecule has 0 radical (unpaired) electrons. The first-order valence-corrected chi connectivity index (χ1v) is 9.90. The van der Waals surface area contributed by atoms with Gasteiger partial charge in [0.1, 0.15) is 0 Å². The number of benzene rings is 2. The van der Waals surface area contributed by atoms with E-state index in [-0.39, 0.29) is 6.04 Å². The fraction of sp³-hybridized carbons (Fsp3) is 0.333. The second-order valence-corrected chi connectivity index (χ2v) is 7.50. The van der Waals surface area contributed by atoms with Crippen molar-refractivity contribution < 1.29 is 0 Å². The lowest BCUT2D eigenvalue weighted by Gasteiger charge is -2.18. The number of rotatable bonds is 6. The molecule has 3 rings (SSSR count). The van der Waals surface area contributed by atoms with Crippen LogP contribution in [0.3, 0.4) is 0 Å². The van der Waals surface area contributed by atoms with Crippen molar-refractivity contribution in [3.63, 3.8) is 0 Å². The van der Waals surface area contributed by atoms with Crippen LogP contribution in [0.15, 0.2) is 53.7 Å². The fourth-order valence-corrected chi connectivity index (χ4v) is 3.74. The summed E-state index contributed by atoms with van der Waals surface area (Å²) in [5, 5.41) is 10.6. The van der Waals surface area contributed by atoms with E-state index in [4.69, 9.17) is 0 Å². The maximum atomic E-state index is 4.47. The zero-order valence-electron chi connectivity index (χ0n) is 15.6. The van der Waals surface area contributed by atoms with Crippen molar-refractivity contribution in [3.05, 3.63) is 64.1 Å². The molecule has 0 aliphatic carbocycles. The summed E-state index contributed by atoms with van der Waals surface area (Å²) in [5.41, 5.74) is 1.25. The summed E-state index contributed by atoms with van der Waals surface area (Å²) in [6, 6.07) is 15.2. The highest BCUT2D eigenvalue weighted by Gasteiger charge is 2.09. The van der Waals surface area contributed by atoms with E-state index in [9.17, 15) is 0 Å². The number of hydrogen-bond donors (Lipinski definition) is 2. The average molecular weight is 367 g/mol. The Hall–Kier alpha value is -2.40. The molecule has 5 heteroatoms. The number of nitrogens with one attached hydrogen (secondary N) is 2. The van der Waals surface area contributed by atoms with Gasteiger partial charge in [-0.05, 0) is 35.7 Å². The average Bonchev–Trinajstić information content (AvgIpc) is 3.14. The van der Waals surface area contributed by atoms with E-state index in [1.165, 1.54) is 26.2 Å². The predicted molar refractivity (Wildman–Crippen MR) is 112 cm³/mol. The third-order valence-corrected chi connectivity index (χ3v) is 5.63. The topological polar surface area (TPSA) is 49.3 Å². The van der Waals surface area contributed by atoms with Crippen LogP contribution in [-0.2, 0) is 12.8 Å². The van der Waals surface area contributed by atoms with Crippen molar-refractivity contribution in [2.75, 3.05) is 13.6 Å². The molecule has 0 amide bonds. The van der Waals surface area contributed by atoms with Crippen LogP contribution in [0.4, 0.5) is 0 Å². The smallest absolute Gasteiger partial charge is 0.191 e. The number of aromatic nitrogens is 1. The lowest BCUT2D eigenvalue weighted by molar-refractivity contribution is 0.685. The van der Waals surface area contributed by atoms with Gasteiger partial charge in [-0.15, -0.1) is 11.3 Å². The molecule has 1 heterocycles. The zero-order valence-corrected chi connectivity index (χ0v) is 16.4. The molecule has 26 heavy (non-hydrogen) atoms. The van der Waals surface area contributed by atoms with E-state index in [0.717, 1.165) is 25.3 Å². The third-order valence-electron chi connectivity index (χ3n) is 4.43. The Balaban J connectivity index is 1.56. The maximum absolute atomic E-state index is 4.47. The zero-order chi connectivity index (χ0) is 18.4. The van der Waals surface area contributed by atoms with Crippen molar-refractivity contribution in [1.82, 2.24) is 15.6 Å². The molecule has 2 aromatic carbocycles. The molecule has 0 saturated heterocycles. The minimum Gasteiger partial charge on any atom is -0.356 e. The van der Waals surface area contributed by atoms with Crippen LogP contribution in [0.2, 0.25) is 0 Å². The highest BCUT2D eigenvalue weighted by atomic mass is 32.1. The molecule has 2 N–H and O–H groups in total. The Morgan fingerprint density at radius 3 is 2.73 bits per heavy atom. The van der Waals surface area contributed by atoms with E-state index in [1.54, 1.807) is 18.4 Å². The number of fused-ring (bicyclic) bond motifs is 1. The minimum absolute atomic E-state index is 0.178. The standard InChI is InChI=1S/C21H26N4S/c1-4-19-14-24-20(26-19)11-12-23-21(22-3)25-15(2)17-10-9-16-7-5-6-8-18(16)13-17/h5-10,13-15H,4,11-12H2,1-3H3,(H2,22,23,25). The summed E-state index contributed by atoms with van der Waals surface area (Å²) in [4.78, 5) is 10.2. The van der Waals surface area contributed by atoms with Gasteiger partial charge < -0.3 is 10.6 Å². The molecule has 0 aliphatic rings. The van der Waals surface area contributed by atoms with Gasteiger partial charge in [-0.2, -0.15) is 0 Å². The first-order valence-electron chi connectivity index (χ1n) is 9.09. The van der Waals surface area contributed by atoms with Gasteiger partial charge in [-0.3, -0.25) is 4.99 Å². The predicted octanol–water partition coefficient (Wildman–Crippen LogP) is 4.33. The molecule has 0 aliphatic heterocycles. The SMILES string of the molecule is CCc1cnc(CCNC(=NC)NC(C)c2ccc3ccccc3c2)s1. The summed E-state index contributed by atoms with van der Waals surface area (Å²) in [7, 11) is 1.81. The number of guanidine groups is 1. The number of thiazole rings is 1. The molecule has 0 fully saturated rings. The van der Waals surface area contributed by atoms with E-state index >= 15 is 0 Å². The number of aryl methyl sites for hydroxylation is 1. The molecule has 0 saturated carbocycles. The molecule has 1 aromatic heterocycles. The largest absolute Gasteiger partial charge is 0.356 e. The maximum Gasteiger partial charge on any atom is 0.191 e. The van der Waals surface area contributed by atoms with Crippen molar-refractivity contribution in [1.29, 1.82) is 0 Å². The molecule has 3 aromatic rings. The van der Waals surface area contributed by atoms with E-state index in [2.05, 4.69) is 76.9 Å². The van der Waals surface area contributed by atoms with Crippen LogP contribution in [-0.4, -0.2) is 24.5 Å². The Kier molecular flexibility index (Phi) is 6.23. The van der Waals surface area contributed by atoms with Crippen molar-refractivity contribution in [3.8, 4) is 0 Å². The molecule has 0 spiro atoms. The third kappa shape index (κ3) is 4.61. The number of aliphatic imine (C=N–C) groups is 1. The Morgan fingerprint density at radius 1 is 1.19 bits per heavy atom. The first kappa shape index (κ1) is 18.4. The Bertz CT molecular complexity index is 884. The van der Waals surface area contributed by atoms with Gasteiger partial charge in [-0.1, -0.05) is 43.3 Å². The molecular weight excluding hydrogens is 340 g/mol. The highest BCUT2D eigenvalue weighted by molar-refractivity contribution is 7.11. The molecule has 1 unspecified atom stereocenters. The van der Waals surface area contributed by atoms with Gasteiger partial charge >= 0.3 is 0 Å². The molecule has 136 valence electrons. The molecule has 1 atom stereocenters. The number of nitrogens with zero attached hydrogens (tertiary/aromatic N) is 2. The lowest BCUT2D eigenvalue weighted by atomic mass is 10.0. The van der Waals surface area contributed by atoms with Crippen LogP contribution in [0, 0.1) is 0 Å². The van der Waals surface area contributed by atoms with Crippen LogP contribution in [0.5, 0.6) is 0 Å².